The van der Waals surface area contributed by atoms with E-state index >= 15 is 0 Å². The molecule has 6 nitrogen and oxygen atoms in total. The van der Waals surface area contributed by atoms with Crippen LogP contribution in [0.2, 0.25) is 0 Å². The number of hydrogen-bond donors (Lipinski definition) is 2. The number of benzene rings is 1. The number of amides is 1. The van der Waals surface area contributed by atoms with Gasteiger partial charge in [0.15, 0.2) is 0 Å². The molecule has 3 rings (SSSR count). The number of carbonyl (C=O) groups excluding carboxylic acids is 1. The molecule has 134 valence electrons. The van der Waals surface area contributed by atoms with Gasteiger partial charge in [0.1, 0.15) is 5.82 Å². The summed E-state index contributed by atoms with van der Waals surface area (Å²) in [6.45, 7) is 3.20. The van der Waals surface area contributed by atoms with Gasteiger partial charge in [-0.2, -0.15) is 5.10 Å². The lowest BCUT2D eigenvalue weighted by Gasteiger charge is -2.23. The number of aliphatic hydroxyl groups excluding tert-OH is 1. The summed E-state index contributed by atoms with van der Waals surface area (Å²) in [6.07, 6.45) is 3.37. The summed E-state index contributed by atoms with van der Waals surface area (Å²) < 4.78 is 20.7. The van der Waals surface area contributed by atoms with Gasteiger partial charge in [0.25, 0.3) is 5.91 Å². The maximum atomic E-state index is 13.4. The molecule has 1 amide bonds. The summed E-state index contributed by atoms with van der Waals surface area (Å²) >= 11 is 0. The Kier molecular flexibility index (Phi) is 5.45. The molecule has 1 saturated heterocycles. The Morgan fingerprint density at radius 1 is 1.44 bits per heavy atom. The molecule has 0 saturated carbocycles. The number of rotatable bonds is 5. The van der Waals surface area contributed by atoms with Gasteiger partial charge in [0.05, 0.1) is 24.4 Å². The van der Waals surface area contributed by atoms with Crippen LogP contribution in [0.15, 0.2) is 24.4 Å². The zero-order valence-electron chi connectivity index (χ0n) is 14.2. The molecule has 1 aromatic heterocycles. The highest BCUT2D eigenvalue weighted by Gasteiger charge is 2.21. The Hall–Kier alpha value is -2.25. The van der Waals surface area contributed by atoms with Gasteiger partial charge in [-0.3, -0.25) is 9.48 Å². The van der Waals surface area contributed by atoms with Crippen molar-refractivity contribution in [2.45, 2.75) is 39.0 Å². The highest BCUT2D eigenvalue weighted by atomic mass is 19.1. The van der Waals surface area contributed by atoms with Gasteiger partial charge in [-0.05, 0) is 37.5 Å². The third-order valence-electron chi connectivity index (χ3n) is 4.56. The predicted octanol–water partition coefficient (Wildman–Crippen LogP) is 2.10. The maximum Gasteiger partial charge on any atom is 0.255 e. The summed E-state index contributed by atoms with van der Waals surface area (Å²) in [4.78, 5) is 12.4. The van der Waals surface area contributed by atoms with E-state index in [0.717, 1.165) is 24.1 Å². The Bertz CT molecular complexity index is 754. The quantitative estimate of drug-likeness (QED) is 0.868. The molecule has 1 fully saturated rings. The normalized spacial score (nSPS) is 15.3. The Morgan fingerprint density at radius 2 is 2.20 bits per heavy atom. The van der Waals surface area contributed by atoms with E-state index in [1.165, 1.54) is 6.07 Å². The lowest BCUT2D eigenvalue weighted by molar-refractivity contribution is 0.0656. The first-order valence-corrected chi connectivity index (χ1v) is 8.38. The molecule has 7 heteroatoms. The number of ether oxygens (including phenoxy) is 1. The number of carbonyl (C=O) groups is 1. The summed E-state index contributed by atoms with van der Waals surface area (Å²) in [5.74, 6) is -0.670. The van der Waals surface area contributed by atoms with E-state index in [2.05, 4.69) is 10.4 Å². The van der Waals surface area contributed by atoms with E-state index in [-0.39, 0.29) is 30.7 Å². The summed E-state index contributed by atoms with van der Waals surface area (Å²) in [5, 5.41) is 16.3. The van der Waals surface area contributed by atoms with Crippen LogP contribution in [0.3, 0.4) is 0 Å². The van der Waals surface area contributed by atoms with Crippen molar-refractivity contribution in [3.05, 3.63) is 52.6 Å². The molecule has 1 aliphatic heterocycles. The van der Waals surface area contributed by atoms with Gasteiger partial charge in [0, 0.05) is 31.0 Å². The fourth-order valence-electron chi connectivity index (χ4n) is 3.08. The van der Waals surface area contributed by atoms with Crippen molar-refractivity contribution in [3.8, 4) is 0 Å². The Labute approximate surface area is 145 Å². The molecule has 2 aromatic rings. The third-order valence-corrected chi connectivity index (χ3v) is 4.56. The predicted molar refractivity (Wildman–Crippen MR) is 89.5 cm³/mol. The molecule has 25 heavy (non-hydrogen) atoms. The average molecular weight is 347 g/mol. The maximum absolute atomic E-state index is 13.4. The van der Waals surface area contributed by atoms with Crippen molar-refractivity contribution < 1.29 is 19.0 Å². The van der Waals surface area contributed by atoms with E-state index in [4.69, 9.17) is 9.84 Å². The van der Waals surface area contributed by atoms with Crippen LogP contribution in [0.25, 0.3) is 0 Å². The molecule has 0 bridgehead atoms. The largest absolute Gasteiger partial charge is 0.392 e. The number of aliphatic hydroxyl groups is 1. The number of aromatic nitrogens is 2. The SMILES string of the molecule is Cc1c(C(=O)NCc2ccc(F)c(CO)c2)cnn1C1CCOCC1. The molecule has 0 atom stereocenters. The van der Waals surface area contributed by atoms with Crippen LogP contribution in [0.1, 0.15) is 46.1 Å². The van der Waals surface area contributed by atoms with Crippen LogP contribution in [-0.4, -0.2) is 34.0 Å². The number of hydrogen-bond acceptors (Lipinski definition) is 4. The van der Waals surface area contributed by atoms with Gasteiger partial charge in [-0.1, -0.05) is 6.07 Å². The molecule has 1 aliphatic rings. The van der Waals surface area contributed by atoms with Crippen molar-refractivity contribution in [1.29, 1.82) is 0 Å². The zero-order chi connectivity index (χ0) is 17.8. The van der Waals surface area contributed by atoms with Crippen LogP contribution < -0.4 is 5.32 Å². The lowest BCUT2D eigenvalue weighted by atomic mass is 10.1. The Balaban J connectivity index is 1.66. The fourth-order valence-corrected chi connectivity index (χ4v) is 3.08. The number of halogens is 1. The molecule has 2 heterocycles. The molecule has 0 aliphatic carbocycles. The minimum atomic E-state index is -0.453. The minimum Gasteiger partial charge on any atom is -0.392 e. The highest BCUT2D eigenvalue weighted by molar-refractivity contribution is 5.95. The van der Waals surface area contributed by atoms with Gasteiger partial charge in [0.2, 0.25) is 0 Å². The van der Waals surface area contributed by atoms with Crippen molar-refractivity contribution >= 4 is 5.91 Å². The summed E-state index contributed by atoms with van der Waals surface area (Å²) in [7, 11) is 0. The van der Waals surface area contributed by atoms with Gasteiger partial charge >= 0.3 is 0 Å². The first kappa shape index (κ1) is 17.6. The van der Waals surface area contributed by atoms with E-state index in [1.807, 2.05) is 11.6 Å². The van der Waals surface area contributed by atoms with Crippen LogP contribution in [0.5, 0.6) is 0 Å². The first-order chi connectivity index (χ1) is 12.1. The third kappa shape index (κ3) is 3.88. The Morgan fingerprint density at radius 3 is 2.92 bits per heavy atom. The number of nitrogens with zero attached hydrogens (tertiary/aromatic N) is 2. The van der Waals surface area contributed by atoms with Crippen molar-refractivity contribution in [2.24, 2.45) is 0 Å². The average Bonchev–Trinajstić information content (AvgIpc) is 3.03. The molecule has 2 N–H and O–H groups in total. The van der Waals surface area contributed by atoms with Crippen LogP contribution in [-0.2, 0) is 17.9 Å². The van der Waals surface area contributed by atoms with E-state index in [9.17, 15) is 9.18 Å². The van der Waals surface area contributed by atoms with Crippen LogP contribution in [0.4, 0.5) is 4.39 Å². The first-order valence-electron chi connectivity index (χ1n) is 8.38. The number of nitrogens with one attached hydrogen (secondary N) is 1. The van der Waals surface area contributed by atoms with Crippen LogP contribution >= 0.6 is 0 Å². The molecule has 0 radical (unpaired) electrons. The lowest BCUT2D eigenvalue weighted by Crippen LogP contribution is -2.25. The molecule has 0 unspecified atom stereocenters. The van der Waals surface area contributed by atoms with Crippen molar-refractivity contribution in [3.63, 3.8) is 0 Å². The molecule has 0 spiro atoms. The summed E-state index contributed by atoms with van der Waals surface area (Å²) in [6, 6.07) is 4.70. The van der Waals surface area contributed by atoms with Crippen LogP contribution in [0, 0.1) is 12.7 Å². The van der Waals surface area contributed by atoms with Gasteiger partial charge in [-0.25, -0.2) is 4.39 Å². The second-order valence-electron chi connectivity index (χ2n) is 6.20. The molecular weight excluding hydrogens is 325 g/mol. The van der Waals surface area contributed by atoms with Crippen molar-refractivity contribution in [1.82, 2.24) is 15.1 Å². The van der Waals surface area contributed by atoms with Gasteiger partial charge < -0.3 is 15.2 Å². The van der Waals surface area contributed by atoms with E-state index in [1.54, 1.807) is 18.3 Å². The monoisotopic (exact) mass is 347 g/mol. The van der Waals surface area contributed by atoms with E-state index < -0.39 is 5.82 Å². The standard InChI is InChI=1S/C18H22FN3O3/c1-12-16(10-21-22(12)15-4-6-25-7-5-15)18(24)20-9-13-2-3-17(19)14(8-13)11-23/h2-3,8,10,15,23H,4-7,9,11H2,1H3,(H,20,24). The second-order valence-corrected chi connectivity index (χ2v) is 6.20. The fraction of sp³-hybridized carbons (Fsp3) is 0.444. The smallest absolute Gasteiger partial charge is 0.255 e. The summed E-state index contributed by atoms with van der Waals surface area (Å²) in [5.41, 5.74) is 2.32. The highest BCUT2D eigenvalue weighted by Crippen LogP contribution is 2.23. The van der Waals surface area contributed by atoms with E-state index in [0.29, 0.717) is 18.8 Å². The minimum absolute atomic E-state index is 0.217. The molecular formula is C18H22FN3O3. The van der Waals surface area contributed by atoms with Gasteiger partial charge in [-0.15, -0.1) is 0 Å². The second kappa shape index (κ2) is 7.76. The topological polar surface area (TPSA) is 76.4 Å². The zero-order valence-corrected chi connectivity index (χ0v) is 14.2. The van der Waals surface area contributed by atoms with Crippen molar-refractivity contribution in [2.75, 3.05) is 13.2 Å². The molecule has 1 aromatic carbocycles.